The first-order chi connectivity index (χ1) is 21.5. The zero-order valence-electron chi connectivity index (χ0n) is 25.0. The number of carbonyl (C=O) groups excluding carboxylic acids is 2. The molecule has 232 valence electrons. The first kappa shape index (κ1) is 27.7. The quantitative estimate of drug-likeness (QED) is 0.272. The minimum absolute atomic E-state index is 0.0762. The highest BCUT2D eigenvalue weighted by molar-refractivity contribution is 6.05. The molecule has 1 aromatic carbocycles. The summed E-state index contributed by atoms with van der Waals surface area (Å²) in [5.74, 6) is 0.920. The van der Waals surface area contributed by atoms with Crippen LogP contribution >= 0.6 is 0 Å². The molecule has 0 saturated carbocycles. The summed E-state index contributed by atoms with van der Waals surface area (Å²) in [6.07, 6.45) is 2.19. The van der Waals surface area contributed by atoms with Crippen molar-refractivity contribution >= 4 is 40.0 Å². The molecule has 1 unspecified atom stereocenters. The average Bonchev–Trinajstić information content (AvgIpc) is 3.82. The van der Waals surface area contributed by atoms with Gasteiger partial charge < -0.3 is 18.8 Å². The number of halogens is 3. The van der Waals surface area contributed by atoms with Crippen LogP contribution < -0.4 is 9.80 Å². The number of hydrogen-bond donors (Lipinski definition) is 0. The molecule has 5 aromatic rings. The molecule has 1 spiro atoms. The van der Waals surface area contributed by atoms with Gasteiger partial charge in [-0.15, -0.1) is 5.10 Å². The minimum atomic E-state index is -4.62. The topological polar surface area (TPSA) is 96.8 Å². The number of likely N-dealkylation sites (N-methyl/N-ethyl adjacent to an activating group) is 1. The molecule has 7 heterocycles. The van der Waals surface area contributed by atoms with Crippen molar-refractivity contribution in [2.24, 2.45) is 7.05 Å². The van der Waals surface area contributed by atoms with E-state index in [0.29, 0.717) is 65.4 Å². The Morgan fingerprint density at radius 3 is 2.67 bits per heavy atom. The number of aryl methyl sites for hydroxylation is 2. The largest absolute Gasteiger partial charge is 0.417 e. The number of rotatable bonds is 1. The van der Waals surface area contributed by atoms with Gasteiger partial charge in [0.25, 0.3) is 0 Å². The summed E-state index contributed by atoms with van der Waals surface area (Å²) in [5.41, 5.74) is 1.88. The first-order valence-corrected chi connectivity index (χ1v) is 14.9. The lowest BCUT2D eigenvalue weighted by Gasteiger charge is -2.33. The number of fused-ring (bicyclic) bond motifs is 4. The molecule has 8 rings (SSSR count). The van der Waals surface area contributed by atoms with Gasteiger partial charge in [0, 0.05) is 44.5 Å². The molecule has 0 bridgehead atoms. The van der Waals surface area contributed by atoms with Crippen LogP contribution in [0, 0.1) is 6.92 Å². The van der Waals surface area contributed by atoms with Crippen LogP contribution in [0.3, 0.4) is 0 Å². The average molecular weight is 618 g/mol. The zero-order chi connectivity index (χ0) is 31.4. The number of amides is 2. The van der Waals surface area contributed by atoms with Crippen molar-refractivity contribution < 1.29 is 22.8 Å². The van der Waals surface area contributed by atoms with Gasteiger partial charge in [0.1, 0.15) is 23.5 Å². The van der Waals surface area contributed by atoms with Crippen LogP contribution in [0.2, 0.25) is 0 Å². The normalized spacial score (nSPS) is 20.1. The summed E-state index contributed by atoms with van der Waals surface area (Å²) < 4.78 is 49.1. The van der Waals surface area contributed by atoms with E-state index in [1.54, 1.807) is 53.7 Å². The van der Waals surface area contributed by atoms with E-state index < -0.39 is 17.3 Å². The number of hydrogen-bond acceptors (Lipinski definition) is 6. The van der Waals surface area contributed by atoms with E-state index >= 15 is 0 Å². The maximum atomic E-state index is 14.8. The van der Waals surface area contributed by atoms with Gasteiger partial charge in [0.15, 0.2) is 0 Å². The Balaban J connectivity index is 1.28. The van der Waals surface area contributed by atoms with Crippen LogP contribution in [0.4, 0.5) is 29.5 Å². The summed E-state index contributed by atoms with van der Waals surface area (Å²) >= 11 is 0. The Morgan fingerprint density at radius 1 is 1.09 bits per heavy atom. The maximum Gasteiger partial charge on any atom is 0.417 e. The van der Waals surface area contributed by atoms with Gasteiger partial charge in [-0.25, -0.2) is 14.8 Å². The second-order valence-electron chi connectivity index (χ2n) is 12.4. The predicted octanol–water partition coefficient (Wildman–Crippen LogP) is 4.64. The molecule has 2 fully saturated rings. The summed E-state index contributed by atoms with van der Waals surface area (Å²) in [5, 5.41) is 4.19. The summed E-state index contributed by atoms with van der Waals surface area (Å²) in [6.45, 7) is 2.93. The monoisotopic (exact) mass is 617 g/mol. The minimum Gasteiger partial charge on any atom is -0.372 e. The number of carbonyl (C=O) groups is 2. The second kappa shape index (κ2) is 9.31. The van der Waals surface area contributed by atoms with E-state index in [0.717, 1.165) is 12.0 Å². The van der Waals surface area contributed by atoms with Crippen LogP contribution in [0.15, 0.2) is 43.1 Å². The molecule has 1 atom stereocenters. The number of likely N-dealkylation sites (tertiary alicyclic amines) is 1. The molecule has 14 heteroatoms. The number of alkyl halides is 3. The Kier molecular flexibility index (Phi) is 5.72. The fourth-order valence-corrected chi connectivity index (χ4v) is 7.61. The van der Waals surface area contributed by atoms with Crippen LogP contribution in [0.25, 0.3) is 27.7 Å². The molecule has 3 aliphatic heterocycles. The number of pyridine rings is 1. The van der Waals surface area contributed by atoms with Gasteiger partial charge in [-0.2, -0.15) is 17.9 Å². The Labute approximate surface area is 255 Å². The molecule has 2 saturated heterocycles. The van der Waals surface area contributed by atoms with Crippen LogP contribution in [-0.2, 0) is 24.4 Å². The van der Waals surface area contributed by atoms with Crippen LogP contribution in [-0.4, -0.2) is 77.8 Å². The van der Waals surface area contributed by atoms with E-state index in [1.165, 1.54) is 23.4 Å². The zero-order valence-corrected chi connectivity index (χ0v) is 25.0. The number of anilines is 2. The molecular weight excluding hydrogens is 587 g/mol. The molecule has 2 amide bonds. The van der Waals surface area contributed by atoms with Gasteiger partial charge in [-0.05, 0) is 49.9 Å². The van der Waals surface area contributed by atoms with E-state index in [4.69, 9.17) is 0 Å². The lowest BCUT2D eigenvalue weighted by molar-refractivity contribution is -0.137. The van der Waals surface area contributed by atoms with Gasteiger partial charge in [-0.1, -0.05) is 6.07 Å². The Bertz CT molecular complexity index is 2060. The van der Waals surface area contributed by atoms with Crippen molar-refractivity contribution in [1.82, 2.24) is 33.6 Å². The number of benzene rings is 1. The van der Waals surface area contributed by atoms with Crippen LogP contribution in [0.1, 0.15) is 36.2 Å². The summed E-state index contributed by atoms with van der Waals surface area (Å²) in [6, 6.07) is 6.22. The van der Waals surface area contributed by atoms with E-state index in [2.05, 4.69) is 15.1 Å². The fraction of sp³-hybridized carbons (Fsp3) is 0.387. The van der Waals surface area contributed by atoms with Gasteiger partial charge in [-0.3, -0.25) is 9.69 Å². The van der Waals surface area contributed by atoms with E-state index in [9.17, 15) is 22.8 Å². The Hall–Kier alpha value is -4.88. The highest BCUT2D eigenvalue weighted by atomic mass is 19.4. The van der Waals surface area contributed by atoms with Crippen molar-refractivity contribution in [2.75, 3.05) is 36.5 Å². The number of imidazole rings is 1. The lowest BCUT2D eigenvalue weighted by atomic mass is 9.92. The smallest absolute Gasteiger partial charge is 0.372 e. The molecule has 0 radical (unpaired) electrons. The predicted molar refractivity (Wildman–Crippen MR) is 160 cm³/mol. The number of nitrogens with zero attached hydrogens (tertiary/aromatic N) is 9. The third-order valence-corrected chi connectivity index (χ3v) is 9.66. The third kappa shape index (κ3) is 3.93. The third-order valence-electron chi connectivity index (χ3n) is 9.66. The highest BCUT2D eigenvalue weighted by Crippen LogP contribution is 2.49. The molecule has 11 nitrogen and oxygen atoms in total. The first-order valence-electron chi connectivity index (χ1n) is 14.9. The van der Waals surface area contributed by atoms with E-state index in [1.807, 2.05) is 15.4 Å². The standard InChI is InChI=1S/C31H30F3N9O2/c1-18-35-17-43(37-18)29(45)42-10-5-8-30(42)14-24(44)41(15-30)23-12-19-7-11-38(2)28-25(20-6-4-9-40(23)27(19)20)21(31(32,33)34)13-22-26(28)36-16-39(22)3/h4,6,9,12-13,16-17H,5,7-8,10-11,14-15H2,1-3H3. The summed E-state index contributed by atoms with van der Waals surface area (Å²) in [4.78, 5) is 41.1. The van der Waals surface area contributed by atoms with Gasteiger partial charge >= 0.3 is 12.2 Å². The molecule has 45 heavy (non-hydrogen) atoms. The van der Waals surface area contributed by atoms with E-state index in [-0.39, 0.29) is 30.5 Å². The van der Waals surface area contributed by atoms with Crippen molar-refractivity contribution in [2.45, 2.75) is 44.3 Å². The van der Waals surface area contributed by atoms with Crippen molar-refractivity contribution in [3.63, 3.8) is 0 Å². The molecule has 0 aliphatic carbocycles. The van der Waals surface area contributed by atoms with Crippen molar-refractivity contribution in [1.29, 1.82) is 0 Å². The Morgan fingerprint density at radius 2 is 1.91 bits per heavy atom. The SMILES string of the molecule is Cc1ncn(C(=O)N2CCCC23CC(=O)N(c2cc4c5c(cccn25)-c2c(C(F)(F)F)cc5c(ncn5C)c2N(C)CC4)C3)n1. The van der Waals surface area contributed by atoms with Crippen molar-refractivity contribution in [3.8, 4) is 11.1 Å². The molecule has 4 aromatic heterocycles. The van der Waals surface area contributed by atoms with Crippen LogP contribution in [0.5, 0.6) is 0 Å². The fourth-order valence-electron chi connectivity index (χ4n) is 7.61. The lowest BCUT2D eigenvalue weighted by Crippen LogP contribution is -2.50. The molecule has 0 N–H and O–H groups in total. The number of aromatic nitrogens is 6. The summed E-state index contributed by atoms with van der Waals surface area (Å²) in [7, 11) is 3.49. The molecule has 3 aliphatic rings. The second-order valence-corrected chi connectivity index (χ2v) is 12.4. The van der Waals surface area contributed by atoms with Crippen molar-refractivity contribution in [3.05, 3.63) is 60.1 Å². The molecular formula is C31H30F3N9O2. The van der Waals surface area contributed by atoms with Gasteiger partial charge in [0.2, 0.25) is 5.91 Å². The van der Waals surface area contributed by atoms with Gasteiger partial charge in [0.05, 0.1) is 47.1 Å². The maximum absolute atomic E-state index is 14.8. The highest BCUT2D eigenvalue weighted by Gasteiger charge is 2.53.